The van der Waals surface area contributed by atoms with Gasteiger partial charge in [0.15, 0.2) is 0 Å². The highest BCUT2D eigenvalue weighted by molar-refractivity contribution is 7.10. The number of nitrogens with zero attached hydrogens (tertiary/aromatic N) is 2. The molecule has 4 aromatic rings. The first-order valence-corrected chi connectivity index (χ1v) is 10.4. The van der Waals surface area contributed by atoms with Crippen LogP contribution in [0, 0.1) is 6.92 Å². The van der Waals surface area contributed by atoms with Crippen molar-refractivity contribution in [2.24, 2.45) is 11.6 Å². The van der Waals surface area contributed by atoms with Crippen molar-refractivity contribution >= 4 is 51.0 Å². The Balaban J connectivity index is 1.62. The van der Waals surface area contributed by atoms with Gasteiger partial charge in [0, 0.05) is 23.5 Å². The summed E-state index contributed by atoms with van der Waals surface area (Å²) < 4.78 is 4.23. The fraction of sp³-hybridized carbons (Fsp3) is 0.136. The van der Waals surface area contributed by atoms with Crippen LogP contribution >= 0.6 is 11.5 Å². The Morgan fingerprint density at radius 3 is 2.81 bits per heavy atom. The maximum Gasteiger partial charge on any atom is 0.250 e. The lowest BCUT2D eigenvalue weighted by atomic mass is 10.0. The third-order valence-corrected chi connectivity index (χ3v) is 5.87. The molecule has 0 unspecified atom stereocenters. The molecule has 4 rings (SSSR count). The highest BCUT2D eigenvalue weighted by Gasteiger charge is 2.20. The molecule has 0 radical (unpaired) electrons. The number of fused-ring (bicyclic) bond motifs is 1. The summed E-state index contributed by atoms with van der Waals surface area (Å²) in [6.45, 7) is 1.88. The Labute approximate surface area is 183 Å². The lowest BCUT2D eigenvalue weighted by molar-refractivity contribution is -0.109. The number of nitrogens with two attached hydrogens (primary N) is 2. The van der Waals surface area contributed by atoms with Gasteiger partial charge in [-0.1, -0.05) is 18.2 Å². The summed E-state index contributed by atoms with van der Waals surface area (Å²) in [4.78, 5) is 27.0. The van der Waals surface area contributed by atoms with Gasteiger partial charge in [-0.25, -0.2) is 5.84 Å². The highest BCUT2D eigenvalue weighted by Crippen LogP contribution is 2.29. The SMILES string of the molecule is Cc1cc(Nc2cc(N(N)[C@@H](C=O)Cc3c[nH]c4ccccc34)ccc2C(N)=O)sn1. The zero-order valence-electron chi connectivity index (χ0n) is 16.8. The number of anilines is 3. The first-order valence-electron chi connectivity index (χ1n) is 9.64. The number of hydrogen-bond donors (Lipinski definition) is 4. The second-order valence-electron chi connectivity index (χ2n) is 7.23. The van der Waals surface area contributed by atoms with Crippen LogP contribution in [-0.4, -0.2) is 27.6 Å². The first-order chi connectivity index (χ1) is 15.0. The van der Waals surface area contributed by atoms with Crippen LogP contribution in [0.2, 0.25) is 0 Å². The van der Waals surface area contributed by atoms with Gasteiger partial charge in [0.1, 0.15) is 17.3 Å². The summed E-state index contributed by atoms with van der Waals surface area (Å²) >= 11 is 1.28. The van der Waals surface area contributed by atoms with E-state index in [0.29, 0.717) is 23.4 Å². The molecular formula is C22H22N6O2S. The standard InChI is InChI=1S/C22H22N6O2S/c1-13-8-21(31-27-13)26-20-10-15(6-7-18(20)22(23)30)28(24)16(12-29)9-14-11-25-19-5-3-2-4-17(14)19/h2-8,10-12,16,25-26H,9,24H2,1H3,(H2,23,30)/t16-/m1/s1. The molecule has 9 heteroatoms. The summed E-state index contributed by atoms with van der Waals surface area (Å²) in [5.41, 5.74) is 9.79. The van der Waals surface area contributed by atoms with E-state index in [2.05, 4.69) is 14.7 Å². The molecule has 0 aliphatic rings. The zero-order valence-corrected chi connectivity index (χ0v) is 17.6. The van der Waals surface area contributed by atoms with Crippen LogP contribution in [0.4, 0.5) is 16.4 Å². The largest absolute Gasteiger partial charge is 0.366 e. The molecule has 0 spiro atoms. The van der Waals surface area contributed by atoms with Gasteiger partial charge in [0.05, 0.1) is 22.6 Å². The van der Waals surface area contributed by atoms with Crippen LogP contribution in [-0.2, 0) is 11.2 Å². The minimum Gasteiger partial charge on any atom is -0.366 e. The molecule has 0 aliphatic heterocycles. The predicted octanol–water partition coefficient (Wildman–Crippen LogP) is 3.27. The van der Waals surface area contributed by atoms with Crippen molar-refractivity contribution in [3.8, 4) is 0 Å². The zero-order chi connectivity index (χ0) is 22.0. The third kappa shape index (κ3) is 4.27. The number of carbonyl (C=O) groups is 2. The van der Waals surface area contributed by atoms with Crippen molar-refractivity contribution in [2.45, 2.75) is 19.4 Å². The van der Waals surface area contributed by atoms with E-state index in [1.54, 1.807) is 18.2 Å². The van der Waals surface area contributed by atoms with Gasteiger partial charge < -0.3 is 25.8 Å². The summed E-state index contributed by atoms with van der Waals surface area (Å²) in [5.74, 6) is 5.78. The molecule has 1 amide bonds. The first kappa shape index (κ1) is 20.6. The topological polar surface area (TPSA) is 130 Å². The summed E-state index contributed by atoms with van der Waals surface area (Å²) in [6.07, 6.45) is 3.14. The molecule has 2 aromatic heterocycles. The van der Waals surface area contributed by atoms with Crippen molar-refractivity contribution in [1.29, 1.82) is 0 Å². The van der Waals surface area contributed by atoms with E-state index in [0.717, 1.165) is 33.4 Å². The van der Waals surface area contributed by atoms with E-state index in [-0.39, 0.29) is 0 Å². The second-order valence-corrected chi connectivity index (χ2v) is 8.03. The maximum atomic E-state index is 11.9. The van der Waals surface area contributed by atoms with E-state index in [1.807, 2.05) is 43.5 Å². The minimum atomic E-state index is -0.600. The Hall–Kier alpha value is -3.69. The number of para-hydroxylation sites is 1. The molecule has 31 heavy (non-hydrogen) atoms. The second kappa shape index (κ2) is 8.58. The fourth-order valence-electron chi connectivity index (χ4n) is 3.50. The molecule has 8 nitrogen and oxygen atoms in total. The molecule has 2 heterocycles. The molecule has 0 aliphatic carbocycles. The fourth-order valence-corrected chi connectivity index (χ4v) is 4.17. The monoisotopic (exact) mass is 434 g/mol. The van der Waals surface area contributed by atoms with Crippen LogP contribution in [0.5, 0.6) is 0 Å². The van der Waals surface area contributed by atoms with E-state index < -0.39 is 11.9 Å². The Morgan fingerprint density at radius 1 is 1.29 bits per heavy atom. The van der Waals surface area contributed by atoms with Gasteiger partial charge in [-0.2, -0.15) is 4.37 Å². The molecular weight excluding hydrogens is 412 g/mol. The van der Waals surface area contributed by atoms with Crippen LogP contribution < -0.4 is 21.9 Å². The van der Waals surface area contributed by atoms with Crippen LogP contribution in [0.25, 0.3) is 10.9 Å². The number of aldehydes is 1. The number of primary amides is 1. The van der Waals surface area contributed by atoms with Gasteiger partial charge in [0.2, 0.25) is 0 Å². The third-order valence-electron chi connectivity index (χ3n) is 5.07. The Bertz CT molecular complexity index is 1250. The molecule has 0 saturated carbocycles. The van der Waals surface area contributed by atoms with Crippen molar-refractivity contribution in [2.75, 3.05) is 10.3 Å². The average molecular weight is 435 g/mol. The highest BCUT2D eigenvalue weighted by atomic mass is 32.1. The predicted molar refractivity (Wildman–Crippen MR) is 124 cm³/mol. The number of hydrazine groups is 1. The molecule has 0 bridgehead atoms. The molecule has 2 aromatic carbocycles. The summed E-state index contributed by atoms with van der Waals surface area (Å²) in [6, 6.07) is 14.1. The Morgan fingerprint density at radius 2 is 2.10 bits per heavy atom. The number of amides is 1. The summed E-state index contributed by atoms with van der Waals surface area (Å²) in [7, 11) is 0. The molecule has 0 saturated heterocycles. The lowest BCUT2D eigenvalue weighted by Crippen LogP contribution is -2.43. The van der Waals surface area contributed by atoms with Crippen LogP contribution in [0.1, 0.15) is 21.6 Å². The smallest absolute Gasteiger partial charge is 0.250 e. The van der Waals surface area contributed by atoms with Gasteiger partial charge in [-0.3, -0.25) is 4.79 Å². The molecule has 1 atom stereocenters. The van der Waals surface area contributed by atoms with Gasteiger partial charge in [-0.05, 0) is 54.4 Å². The number of aromatic nitrogens is 2. The molecule has 0 fully saturated rings. The normalized spacial score (nSPS) is 11.9. The van der Waals surface area contributed by atoms with Gasteiger partial charge >= 0.3 is 0 Å². The van der Waals surface area contributed by atoms with E-state index >= 15 is 0 Å². The van der Waals surface area contributed by atoms with Gasteiger partial charge in [0.25, 0.3) is 5.91 Å². The molecule has 158 valence electrons. The van der Waals surface area contributed by atoms with E-state index in [9.17, 15) is 9.59 Å². The average Bonchev–Trinajstić information content (AvgIpc) is 3.37. The Kier molecular flexibility index (Phi) is 5.70. The van der Waals surface area contributed by atoms with Gasteiger partial charge in [-0.15, -0.1) is 0 Å². The number of H-pyrrole nitrogens is 1. The lowest BCUT2D eigenvalue weighted by Gasteiger charge is -2.26. The number of aromatic amines is 1. The van der Waals surface area contributed by atoms with E-state index in [1.165, 1.54) is 16.5 Å². The molecule has 6 N–H and O–H groups in total. The number of nitrogens with one attached hydrogen (secondary N) is 2. The summed E-state index contributed by atoms with van der Waals surface area (Å²) in [5, 5.41) is 6.40. The van der Waals surface area contributed by atoms with Crippen LogP contribution in [0.15, 0.2) is 54.7 Å². The number of aryl methyl sites for hydroxylation is 1. The number of rotatable bonds is 8. The van der Waals surface area contributed by atoms with Crippen LogP contribution in [0.3, 0.4) is 0 Å². The van der Waals surface area contributed by atoms with Crippen molar-refractivity contribution in [3.05, 3.63) is 71.5 Å². The minimum absolute atomic E-state index is 0.322. The quantitative estimate of drug-likeness (QED) is 0.191. The number of carbonyl (C=O) groups excluding carboxylic acids is 2. The number of hydrogen-bond acceptors (Lipinski definition) is 7. The van der Waals surface area contributed by atoms with E-state index in [4.69, 9.17) is 11.6 Å². The maximum absolute atomic E-state index is 11.9. The van der Waals surface area contributed by atoms with Crippen molar-refractivity contribution in [3.63, 3.8) is 0 Å². The van der Waals surface area contributed by atoms with Crippen molar-refractivity contribution in [1.82, 2.24) is 9.36 Å². The number of benzene rings is 2. The van der Waals surface area contributed by atoms with Crippen molar-refractivity contribution < 1.29 is 9.59 Å².